The van der Waals surface area contributed by atoms with Gasteiger partial charge in [-0.05, 0) is 44.1 Å². The molecule has 2 aliphatic carbocycles. The molecule has 23 heavy (non-hydrogen) atoms. The first-order valence-corrected chi connectivity index (χ1v) is 8.46. The molecule has 1 amide bonds. The van der Waals surface area contributed by atoms with Crippen LogP contribution in [0.15, 0.2) is 6.07 Å². The monoisotopic (exact) mass is 337 g/mol. The van der Waals surface area contributed by atoms with Gasteiger partial charge in [-0.15, -0.1) is 11.3 Å². The van der Waals surface area contributed by atoms with Crippen molar-refractivity contribution in [3.8, 4) is 0 Å². The molecule has 0 radical (unpaired) electrons. The highest BCUT2D eigenvalue weighted by Gasteiger charge is 2.54. The summed E-state index contributed by atoms with van der Waals surface area (Å²) in [4.78, 5) is 36.9. The number of methoxy groups -OCH3 is 1. The van der Waals surface area contributed by atoms with Gasteiger partial charge in [0.15, 0.2) is 0 Å². The zero-order valence-electron chi connectivity index (χ0n) is 13.0. The molecule has 3 rings (SSSR count). The van der Waals surface area contributed by atoms with Crippen LogP contribution in [0.5, 0.6) is 0 Å². The van der Waals surface area contributed by atoms with Crippen LogP contribution >= 0.6 is 11.3 Å². The normalized spacial score (nSPS) is 28.6. The molecule has 0 spiro atoms. The van der Waals surface area contributed by atoms with Crippen molar-refractivity contribution in [2.75, 3.05) is 12.4 Å². The second-order valence-corrected chi connectivity index (χ2v) is 7.56. The first-order valence-electron chi connectivity index (χ1n) is 7.64. The van der Waals surface area contributed by atoms with E-state index in [2.05, 4.69) is 5.32 Å². The molecule has 6 nitrogen and oxygen atoms in total. The summed E-state index contributed by atoms with van der Waals surface area (Å²) >= 11 is 1.29. The zero-order valence-corrected chi connectivity index (χ0v) is 13.8. The predicted octanol–water partition coefficient (Wildman–Crippen LogP) is 2.53. The lowest BCUT2D eigenvalue weighted by Gasteiger charge is -2.26. The Morgan fingerprint density at radius 2 is 1.91 bits per heavy atom. The summed E-state index contributed by atoms with van der Waals surface area (Å²) in [6.07, 6.45) is 2.60. The van der Waals surface area contributed by atoms with E-state index >= 15 is 0 Å². The molecule has 124 valence electrons. The number of carboxylic acids is 1. The van der Waals surface area contributed by atoms with Crippen LogP contribution in [-0.2, 0) is 14.3 Å². The van der Waals surface area contributed by atoms with Crippen LogP contribution in [0.1, 0.15) is 34.5 Å². The number of carbonyl (C=O) groups is 3. The molecule has 0 aliphatic heterocycles. The van der Waals surface area contributed by atoms with Crippen molar-refractivity contribution >= 4 is 34.2 Å². The molecular formula is C16H19NO5S. The maximum absolute atomic E-state index is 12.7. The molecule has 7 heteroatoms. The van der Waals surface area contributed by atoms with E-state index in [9.17, 15) is 19.5 Å². The summed E-state index contributed by atoms with van der Waals surface area (Å²) in [6, 6.07) is 1.67. The SMILES string of the molecule is COC(=O)c1cc(C)sc1NC(=O)[C@@H]1[C@H]2CC[C@@H](C2)[C@@H]1C(=O)O. The van der Waals surface area contributed by atoms with Crippen LogP contribution in [0, 0.1) is 30.6 Å². The van der Waals surface area contributed by atoms with E-state index < -0.39 is 23.8 Å². The lowest BCUT2D eigenvalue weighted by Crippen LogP contribution is -2.37. The average Bonchev–Trinajstić information content (AvgIpc) is 3.19. The van der Waals surface area contributed by atoms with Gasteiger partial charge >= 0.3 is 11.9 Å². The Balaban J connectivity index is 1.82. The van der Waals surface area contributed by atoms with Crippen molar-refractivity contribution < 1.29 is 24.2 Å². The summed E-state index contributed by atoms with van der Waals surface area (Å²) in [5, 5.41) is 12.7. The lowest BCUT2D eigenvalue weighted by molar-refractivity contribution is -0.148. The highest BCUT2D eigenvalue weighted by molar-refractivity contribution is 7.16. The number of thiophene rings is 1. The predicted molar refractivity (Wildman–Crippen MR) is 84.5 cm³/mol. The fourth-order valence-electron chi connectivity index (χ4n) is 4.09. The van der Waals surface area contributed by atoms with Gasteiger partial charge in [-0.25, -0.2) is 4.79 Å². The van der Waals surface area contributed by atoms with Crippen LogP contribution in [-0.4, -0.2) is 30.1 Å². The van der Waals surface area contributed by atoms with Crippen LogP contribution < -0.4 is 5.32 Å². The number of carboxylic acid groups (broad SMARTS) is 1. The molecule has 2 aliphatic rings. The fraction of sp³-hybridized carbons (Fsp3) is 0.562. The second kappa shape index (κ2) is 5.96. The van der Waals surface area contributed by atoms with Crippen molar-refractivity contribution in [1.29, 1.82) is 0 Å². The second-order valence-electron chi connectivity index (χ2n) is 6.30. The van der Waals surface area contributed by atoms with Crippen LogP contribution in [0.2, 0.25) is 0 Å². The first kappa shape index (κ1) is 16.0. The number of fused-ring (bicyclic) bond motifs is 2. The van der Waals surface area contributed by atoms with Gasteiger partial charge in [0.2, 0.25) is 5.91 Å². The minimum absolute atomic E-state index is 0.0957. The van der Waals surface area contributed by atoms with E-state index in [4.69, 9.17) is 4.74 Å². The Morgan fingerprint density at radius 1 is 1.26 bits per heavy atom. The Kier molecular flexibility index (Phi) is 4.14. The Morgan fingerprint density at radius 3 is 2.52 bits per heavy atom. The smallest absolute Gasteiger partial charge is 0.340 e. The standard InChI is InChI=1S/C16H19NO5S/c1-7-5-10(16(21)22-2)14(23-7)17-13(18)11-8-3-4-9(6-8)12(11)15(19)20/h5,8-9,11-12H,3-4,6H2,1-2H3,(H,17,18)(H,19,20)/t8-,9-,11+,12-/m0/s1. The lowest BCUT2D eigenvalue weighted by atomic mass is 9.79. The van der Waals surface area contributed by atoms with Crippen molar-refractivity contribution in [1.82, 2.24) is 0 Å². The number of anilines is 1. The summed E-state index contributed by atoms with van der Waals surface area (Å²) < 4.78 is 4.73. The fourth-order valence-corrected chi connectivity index (χ4v) is 4.99. The summed E-state index contributed by atoms with van der Waals surface area (Å²) in [6.45, 7) is 1.84. The maximum atomic E-state index is 12.7. The maximum Gasteiger partial charge on any atom is 0.340 e. The molecule has 4 atom stereocenters. The number of nitrogens with one attached hydrogen (secondary N) is 1. The third-order valence-corrected chi connectivity index (χ3v) is 5.97. The number of amides is 1. The number of hydrogen-bond acceptors (Lipinski definition) is 5. The summed E-state index contributed by atoms with van der Waals surface area (Å²) in [7, 11) is 1.29. The minimum Gasteiger partial charge on any atom is -0.481 e. The first-order chi connectivity index (χ1) is 10.9. The molecule has 1 aromatic heterocycles. The molecular weight excluding hydrogens is 318 g/mol. The van der Waals surface area contributed by atoms with Gasteiger partial charge in [-0.3, -0.25) is 9.59 Å². The highest BCUT2D eigenvalue weighted by Crippen LogP contribution is 2.52. The number of ether oxygens (including phenoxy) is 1. The van der Waals surface area contributed by atoms with Crippen molar-refractivity contribution in [3.05, 3.63) is 16.5 Å². The third-order valence-electron chi connectivity index (χ3n) is 5.00. The third kappa shape index (κ3) is 2.73. The quantitative estimate of drug-likeness (QED) is 0.824. The number of carbonyl (C=O) groups excluding carboxylic acids is 2. The summed E-state index contributed by atoms with van der Waals surface area (Å²) in [5.74, 6) is -2.60. The molecule has 0 aromatic carbocycles. The number of rotatable bonds is 4. The van der Waals surface area contributed by atoms with Gasteiger partial charge in [0.25, 0.3) is 0 Å². The van der Waals surface area contributed by atoms with E-state index in [-0.39, 0.29) is 17.7 Å². The van der Waals surface area contributed by atoms with Gasteiger partial charge in [-0.1, -0.05) is 0 Å². The molecule has 1 heterocycles. The van der Waals surface area contributed by atoms with Crippen molar-refractivity contribution in [2.45, 2.75) is 26.2 Å². The van der Waals surface area contributed by atoms with E-state index in [0.29, 0.717) is 10.6 Å². The van der Waals surface area contributed by atoms with Gasteiger partial charge in [0.1, 0.15) is 5.00 Å². The number of aliphatic carboxylic acids is 1. The zero-order chi connectivity index (χ0) is 16.7. The van der Waals surface area contributed by atoms with Crippen molar-refractivity contribution in [2.24, 2.45) is 23.7 Å². The molecule has 0 saturated heterocycles. The summed E-state index contributed by atoms with van der Waals surface area (Å²) in [5.41, 5.74) is 0.318. The van der Waals surface area contributed by atoms with Crippen LogP contribution in [0.4, 0.5) is 5.00 Å². The topological polar surface area (TPSA) is 92.7 Å². The number of esters is 1. The number of hydrogen-bond donors (Lipinski definition) is 2. The molecule has 2 fully saturated rings. The van der Waals surface area contributed by atoms with E-state index in [1.165, 1.54) is 18.4 Å². The van der Waals surface area contributed by atoms with E-state index in [1.807, 2.05) is 6.92 Å². The Bertz CT molecular complexity index is 667. The van der Waals surface area contributed by atoms with E-state index in [0.717, 1.165) is 24.1 Å². The average molecular weight is 337 g/mol. The van der Waals surface area contributed by atoms with Crippen molar-refractivity contribution in [3.63, 3.8) is 0 Å². The van der Waals surface area contributed by atoms with Crippen LogP contribution in [0.3, 0.4) is 0 Å². The van der Waals surface area contributed by atoms with Gasteiger partial charge in [0, 0.05) is 4.88 Å². The largest absolute Gasteiger partial charge is 0.481 e. The highest BCUT2D eigenvalue weighted by atomic mass is 32.1. The molecule has 0 unspecified atom stereocenters. The van der Waals surface area contributed by atoms with E-state index in [1.54, 1.807) is 6.07 Å². The minimum atomic E-state index is -0.895. The van der Waals surface area contributed by atoms with Gasteiger partial charge < -0.3 is 15.2 Å². The van der Waals surface area contributed by atoms with Gasteiger partial charge in [0.05, 0.1) is 24.5 Å². The number of aryl methyl sites for hydroxylation is 1. The molecule has 2 N–H and O–H groups in total. The molecule has 2 bridgehead atoms. The molecule has 2 saturated carbocycles. The van der Waals surface area contributed by atoms with Gasteiger partial charge in [-0.2, -0.15) is 0 Å². The van der Waals surface area contributed by atoms with Crippen LogP contribution in [0.25, 0.3) is 0 Å². The molecule has 1 aromatic rings. The Hall–Kier alpha value is -1.89. The Labute approximate surface area is 137 Å².